The van der Waals surface area contributed by atoms with E-state index in [0.717, 1.165) is 51.8 Å². The van der Waals surface area contributed by atoms with Gasteiger partial charge in [0.05, 0.1) is 0 Å². The van der Waals surface area contributed by atoms with E-state index >= 15 is 0 Å². The molecule has 0 amide bonds. The van der Waals surface area contributed by atoms with Gasteiger partial charge >= 0.3 is 140 Å². The summed E-state index contributed by atoms with van der Waals surface area (Å²) in [6.45, 7) is 8.07. The average Bonchev–Trinajstić information content (AvgIpc) is 2.39. The van der Waals surface area contributed by atoms with Crippen LogP contribution >= 0.6 is 23.2 Å². The van der Waals surface area contributed by atoms with Crippen molar-refractivity contribution < 1.29 is 7.87 Å². The summed E-state index contributed by atoms with van der Waals surface area (Å²) in [4.78, 5) is 12.1. The van der Waals surface area contributed by atoms with Gasteiger partial charge in [-0.15, -0.1) is 0 Å². The standard InChI is InChI=1S/3C4H9.C3H4Cl2O2.Sn/c3*1-3-4-2;1-3(4,5)2(6)7;/h3*1,3-4H2,2H3;1H3,(H,6,7);/q;;;;+1/p-1. The van der Waals surface area contributed by atoms with Gasteiger partial charge in [-0.1, -0.05) is 0 Å². The Bertz CT molecular complexity index is 256. The molecule has 0 spiro atoms. The van der Waals surface area contributed by atoms with E-state index in [0.29, 0.717) is 0 Å². The molecule has 20 heavy (non-hydrogen) atoms. The van der Waals surface area contributed by atoms with Crippen LogP contribution in [0.2, 0.25) is 13.3 Å². The molecule has 0 bridgehead atoms. The summed E-state index contributed by atoms with van der Waals surface area (Å²) in [6, 6.07) is 0. The van der Waals surface area contributed by atoms with E-state index in [4.69, 9.17) is 26.3 Å². The fourth-order valence-corrected chi connectivity index (χ4v) is 16.0. The molecule has 0 aromatic carbocycles. The predicted octanol–water partition coefficient (Wildman–Crippen LogP) is 6.07. The Morgan fingerprint density at radius 3 is 1.55 bits per heavy atom. The first kappa shape index (κ1) is 20.8. The van der Waals surface area contributed by atoms with Crippen LogP contribution in [0.3, 0.4) is 0 Å². The summed E-state index contributed by atoms with van der Waals surface area (Å²) >= 11 is 8.93. The molecule has 2 nitrogen and oxygen atoms in total. The van der Waals surface area contributed by atoms with Gasteiger partial charge in [-0.05, 0) is 0 Å². The Morgan fingerprint density at radius 2 is 1.30 bits per heavy atom. The number of hydrogen-bond acceptors (Lipinski definition) is 2. The molecule has 5 heteroatoms. The Labute approximate surface area is 139 Å². The van der Waals surface area contributed by atoms with Gasteiger partial charge in [-0.3, -0.25) is 0 Å². The van der Waals surface area contributed by atoms with E-state index in [1.165, 1.54) is 6.92 Å². The molecule has 0 aliphatic heterocycles. The molecular weight excluding hydrogens is 402 g/mol. The van der Waals surface area contributed by atoms with Crippen molar-refractivity contribution in [3.05, 3.63) is 0 Å². The first-order valence-electron chi connectivity index (χ1n) is 7.92. The van der Waals surface area contributed by atoms with E-state index in [-0.39, 0.29) is 0 Å². The van der Waals surface area contributed by atoms with Crippen LogP contribution in [0, 0.1) is 0 Å². The molecule has 0 heterocycles. The number of unbranched alkanes of at least 4 members (excludes halogenated alkanes) is 3. The van der Waals surface area contributed by atoms with E-state index in [2.05, 4.69) is 20.8 Å². The normalized spacial score (nSPS) is 12.5. The van der Waals surface area contributed by atoms with Gasteiger partial charge in [0.25, 0.3) is 0 Å². The zero-order valence-electron chi connectivity index (χ0n) is 13.4. The number of rotatable bonds is 11. The number of carbonyl (C=O) groups excluding carboxylic acids is 1. The van der Waals surface area contributed by atoms with Crippen LogP contribution in [-0.2, 0) is 7.87 Å². The van der Waals surface area contributed by atoms with Crippen LogP contribution in [0.25, 0.3) is 0 Å². The number of halogens is 2. The molecule has 0 aromatic heterocycles. The van der Waals surface area contributed by atoms with E-state index in [1.807, 2.05) is 0 Å². The topological polar surface area (TPSA) is 26.3 Å². The maximum absolute atomic E-state index is 12.1. The van der Waals surface area contributed by atoms with E-state index < -0.39 is 29.1 Å². The van der Waals surface area contributed by atoms with Gasteiger partial charge in [0.2, 0.25) is 0 Å². The van der Waals surface area contributed by atoms with Gasteiger partial charge in [0, 0.05) is 0 Å². The van der Waals surface area contributed by atoms with Gasteiger partial charge < -0.3 is 0 Å². The van der Waals surface area contributed by atoms with Gasteiger partial charge in [-0.2, -0.15) is 0 Å². The second-order valence-electron chi connectivity index (χ2n) is 5.77. The van der Waals surface area contributed by atoms with Crippen molar-refractivity contribution >= 4 is 48.0 Å². The van der Waals surface area contributed by atoms with Gasteiger partial charge in [-0.25, -0.2) is 0 Å². The molecule has 0 aliphatic rings. The van der Waals surface area contributed by atoms with Crippen LogP contribution in [0.1, 0.15) is 66.2 Å². The number of alkyl halides is 2. The minimum absolute atomic E-state index is 0.417. The number of hydrogen-bond donors (Lipinski definition) is 0. The van der Waals surface area contributed by atoms with Crippen molar-refractivity contribution in [2.75, 3.05) is 0 Å². The van der Waals surface area contributed by atoms with Crippen molar-refractivity contribution in [3.8, 4) is 0 Å². The van der Waals surface area contributed by atoms with Crippen molar-refractivity contribution in [1.82, 2.24) is 0 Å². The number of carbonyl (C=O) groups is 1. The molecule has 0 saturated carbocycles. The SMILES string of the molecule is CCC[CH2][Sn]([CH2]CCC)([CH2]CCC)[O]C(=O)C(C)(Cl)Cl. The molecule has 120 valence electrons. The molecular formula is C15H30Cl2O2Sn. The fraction of sp³-hybridized carbons (Fsp3) is 0.933. The molecule has 0 aliphatic carbocycles. The van der Waals surface area contributed by atoms with Crippen LogP contribution < -0.4 is 0 Å². The third kappa shape index (κ3) is 8.33. The Balaban J connectivity index is 4.97. The quantitative estimate of drug-likeness (QED) is 0.293. The minimum atomic E-state index is -2.90. The molecule has 0 radical (unpaired) electrons. The van der Waals surface area contributed by atoms with E-state index in [9.17, 15) is 4.79 Å². The third-order valence-electron chi connectivity index (χ3n) is 3.63. The Morgan fingerprint density at radius 1 is 0.950 bits per heavy atom. The molecule has 0 N–H and O–H groups in total. The summed E-state index contributed by atoms with van der Waals surface area (Å²) in [6.07, 6.45) is 6.89. The van der Waals surface area contributed by atoms with Crippen molar-refractivity contribution in [3.63, 3.8) is 0 Å². The zero-order chi connectivity index (χ0) is 15.6. The second-order valence-corrected chi connectivity index (χ2v) is 19.1. The van der Waals surface area contributed by atoms with Crippen LogP contribution in [0.4, 0.5) is 0 Å². The van der Waals surface area contributed by atoms with E-state index in [1.54, 1.807) is 0 Å². The van der Waals surface area contributed by atoms with Crippen LogP contribution in [0.15, 0.2) is 0 Å². The van der Waals surface area contributed by atoms with Crippen molar-refractivity contribution in [1.29, 1.82) is 0 Å². The Hall–Kier alpha value is 0.849. The summed E-state index contributed by atoms with van der Waals surface area (Å²) in [5.41, 5.74) is 0. The monoisotopic (exact) mass is 432 g/mol. The first-order valence-corrected chi connectivity index (χ1v) is 15.9. The fourth-order valence-electron chi connectivity index (χ4n) is 2.31. The van der Waals surface area contributed by atoms with Crippen molar-refractivity contribution in [2.24, 2.45) is 0 Å². The second kappa shape index (κ2) is 10.6. The summed E-state index contributed by atoms with van der Waals surface area (Å²) in [5, 5.41) is 0. The van der Waals surface area contributed by atoms with Crippen LogP contribution in [0.5, 0.6) is 0 Å². The van der Waals surface area contributed by atoms with Gasteiger partial charge in [0.15, 0.2) is 0 Å². The molecule has 0 fully saturated rings. The average molecular weight is 432 g/mol. The third-order valence-corrected chi connectivity index (χ3v) is 16.5. The maximum atomic E-state index is 12.1. The summed E-state index contributed by atoms with van der Waals surface area (Å²) < 4.78 is 7.94. The summed E-state index contributed by atoms with van der Waals surface area (Å²) in [7, 11) is 0. The molecule has 0 aromatic rings. The molecule has 0 rings (SSSR count). The predicted molar refractivity (Wildman–Crippen MR) is 91.1 cm³/mol. The molecule has 0 saturated heterocycles. The summed E-state index contributed by atoms with van der Waals surface area (Å²) in [5.74, 6) is -0.417. The first-order chi connectivity index (χ1) is 9.31. The molecule has 0 unspecified atom stereocenters. The Kier molecular flexibility index (Phi) is 11.0. The van der Waals surface area contributed by atoms with Crippen LogP contribution in [-0.4, -0.2) is 29.1 Å². The zero-order valence-corrected chi connectivity index (χ0v) is 17.8. The molecule has 0 atom stereocenters. The van der Waals surface area contributed by atoms with Crippen molar-refractivity contribution in [2.45, 2.75) is 83.9 Å². The van der Waals surface area contributed by atoms with Gasteiger partial charge in [0.1, 0.15) is 0 Å².